The van der Waals surface area contributed by atoms with Gasteiger partial charge in [0.2, 0.25) is 5.88 Å². The molecule has 0 aliphatic heterocycles. The molecule has 0 aliphatic rings. The van der Waals surface area contributed by atoms with Crippen LogP contribution in [0.5, 0.6) is 11.6 Å². The highest BCUT2D eigenvalue weighted by Crippen LogP contribution is 2.20. The lowest BCUT2D eigenvalue weighted by atomic mass is 10.2. The summed E-state index contributed by atoms with van der Waals surface area (Å²) in [6.07, 6.45) is 3.07. The molecule has 106 valence electrons. The van der Waals surface area contributed by atoms with Crippen LogP contribution < -0.4 is 9.47 Å². The molecule has 2 aromatic heterocycles. The first-order valence-corrected chi connectivity index (χ1v) is 6.47. The second kappa shape index (κ2) is 6.09. The minimum Gasteiger partial charge on any atom is -0.497 e. The number of aromatic nitrogens is 2. The minimum absolute atomic E-state index is 0.429. The Labute approximate surface area is 122 Å². The van der Waals surface area contributed by atoms with Gasteiger partial charge < -0.3 is 13.9 Å². The van der Waals surface area contributed by atoms with E-state index in [1.165, 1.54) is 6.33 Å². The van der Waals surface area contributed by atoms with E-state index in [1.807, 2.05) is 36.4 Å². The average Bonchev–Trinajstić information content (AvgIpc) is 3.08. The van der Waals surface area contributed by atoms with E-state index in [0.29, 0.717) is 23.9 Å². The molecule has 0 bridgehead atoms. The van der Waals surface area contributed by atoms with Crippen molar-refractivity contribution < 1.29 is 13.9 Å². The molecule has 0 fully saturated rings. The lowest BCUT2D eigenvalue weighted by Crippen LogP contribution is -1.98. The molecule has 0 saturated heterocycles. The Morgan fingerprint density at radius 1 is 1.10 bits per heavy atom. The summed E-state index contributed by atoms with van der Waals surface area (Å²) in [5.74, 6) is 2.01. The molecule has 5 heteroatoms. The van der Waals surface area contributed by atoms with Crippen molar-refractivity contribution in [2.75, 3.05) is 7.11 Å². The molecule has 0 unspecified atom stereocenters. The van der Waals surface area contributed by atoms with Gasteiger partial charge in [-0.3, -0.25) is 0 Å². The molecule has 3 aromatic rings. The van der Waals surface area contributed by atoms with Crippen molar-refractivity contribution in [3.05, 3.63) is 60.6 Å². The van der Waals surface area contributed by atoms with Crippen LogP contribution in [0.15, 0.2) is 59.5 Å². The molecule has 21 heavy (non-hydrogen) atoms. The Morgan fingerprint density at radius 2 is 1.95 bits per heavy atom. The number of nitrogens with zero attached hydrogens (tertiary/aromatic N) is 2. The van der Waals surface area contributed by atoms with Crippen molar-refractivity contribution in [2.24, 2.45) is 0 Å². The van der Waals surface area contributed by atoms with Gasteiger partial charge in [-0.25, -0.2) is 9.97 Å². The lowest BCUT2D eigenvalue weighted by Gasteiger charge is -2.06. The van der Waals surface area contributed by atoms with Crippen molar-refractivity contribution >= 4 is 0 Å². The fraction of sp³-hybridized carbons (Fsp3) is 0.125. The van der Waals surface area contributed by atoms with Gasteiger partial charge in [0.1, 0.15) is 24.4 Å². The third-order valence-electron chi connectivity index (χ3n) is 2.96. The van der Waals surface area contributed by atoms with Gasteiger partial charge in [-0.15, -0.1) is 0 Å². The van der Waals surface area contributed by atoms with E-state index >= 15 is 0 Å². The maximum absolute atomic E-state index is 5.67. The topological polar surface area (TPSA) is 57.4 Å². The molecule has 2 heterocycles. The van der Waals surface area contributed by atoms with Gasteiger partial charge >= 0.3 is 0 Å². The SMILES string of the molecule is COc1ccc(COc2cc(-c3ccco3)ncn2)cc1. The van der Waals surface area contributed by atoms with Crippen LogP contribution in [0.2, 0.25) is 0 Å². The summed E-state index contributed by atoms with van der Waals surface area (Å²) < 4.78 is 16.1. The Balaban J connectivity index is 1.68. The van der Waals surface area contributed by atoms with E-state index in [9.17, 15) is 0 Å². The Bertz CT molecular complexity index is 694. The van der Waals surface area contributed by atoms with Crippen LogP contribution in [-0.2, 0) is 6.61 Å². The molecule has 3 rings (SSSR count). The van der Waals surface area contributed by atoms with Crippen molar-refractivity contribution in [3.8, 4) is 23.1 Å². The molecule has 0 N–H and O–H groups in total. The third-order valence-corrected chi connectivity index (χ3v) is 2.96. The Morgan fingerprint density at radius 3 is 2.67 bits per heavy atom. The smallest absolute Gasteiger partial charge is 0.217 e. The van der Waals surface area contributed by atoms with E-state index in [0.717, 1.165) is 11.3 Å². The number of furan rings is 1. The van der Waals surface area contributed by atoms with E-state index in [1.54, 1.807) is 19.4 Å². The average molecular weight is 282 g/mol. The molecule has 0 radical (unpaired) electrons. The second-order valence-corrected chi connectivity index (χ2v) is 4.36. The first-order chi connectivity index (χ1) is 10.3. The highest BCUT2D eigenvalue weighted by atomic mass is 16.5. The summed E-state index contributed by atoms with van der Waals surface area (Å²) in [7, 11) is 1.64. The first-order valence-electron chi connectivity index (χ1n) is 6.47. The van der Waals surface area contributed by atoms with Gasteiger partial charge in [-0.1, -0.05) is 12.1 Å². The van der Waals surface area contributed by atoms with E-state index in [-0.39, 0.29) is 0 Å². The second-order valence-electron chi connectivity index (χ2n) is 4.36. The van der Waals surface area contributed by atoms with Crippen molar-refractivity contribution in [2.45, 2.75) is 6.61 Å². The molecule has 0 aliphatic carbocycles. The zero-order chi connectivity index (χ0) is 14.5. The monoisotopic (exact) mass is 282 g/mol. The highest BCUT2D eigenvalue weighted by molar-refractivity contribution is 5.52. The maximum Gasteiger partial charge on any atom is 0.217 e. The van der Waals surface area contributed by atoms with Crippen molar-refractivity contribution in [3.63, 3.8) is 0 Å². The van der Waals surface area contributed by atoms with Crippen molar-refractivity contribution in [1.29, 1.82) is 0 Å². The lowest BCUT2D eigenvalue weighted by molar-refractivity contribution is 0.293. The molecule has 0 atom stereocenters. The summed E-state index contributed by atoms with van der Waals surface area (Å²) in [5.41, 5.74) is 1.73. The fourth-order valence-corrected chi connectivity index (χ4v) is 1.86. The largest absolute Gasteiger partial charge is 0.497 e. The predicted octanol–water partition coefficient (Wildman–Crippen LogP) is 3.32. The maximum atomic E-state index is 5.67. The first kappa shape index (κ1) is 13.2. The van der Waals surface area contributed by atoms with Crippen LogP contribution in [0, 0.1) is 0 Å². The van der Waals surface area contributed by atoms with Gasteiger partial charge in [0.25, 0.3) is 0 Å². The van der Waals surface area contributed by atoms with E-state index in [4.69, 9.17) is 13.9 Å². The standard InChI is InChI=1S/C16H14N2O3/c1-19-13-6-4-12(5-7-13)10-21-16-9-14(17-11-18-16)15-3-2-8-20-15/h2-9,11H,10H2,1H3. The zero-order valence-corrected chi connectivity index (χ0v) is 11.5. The predicted molar refractivity (Wildman–Crippen MR) is 77.1 cm³/mol. The summed E-state index contributed by atoms with van der Waals surface area (Å²) in [4.78, 5) is 8.26. The summed E-state index contributed by atoms with van der Waals surface area (Å²) >= 11 is 0. The molecular weight excluding hydrogens is 268 g/mol. The quantitative estimate of drug-likeness (QED) is 0.718. The van der Waals surface area contributed by atoms with Crippen LogP contribution >= 0.6 is 0 Å². The number of ether oxygens (including phenoxy) is 2. The zero-order valence-electron chi connectivity index (χ0n) is 11.5. The van der Waals surface area contributed by atoms with E-state index in [2.05, 4.69) is 9.97 Å². The number of rotatable bonds is 5. The van der Waals surface area contributed by atoms with Crippen molar-refractivity contribution in [1.82, 2.24) is 9.97 Å². The Kier molecular flexibility index (Phi) is 3.82. The number of benzene rings is 1. The molecule has 5 nitrogen and oxygen atoms in total. The summed E-state index contributed by atoms with van der Waals surface area (Å²) in [6.45, 7) is 0.429. The van der Waals surface area contributed by atoms with Crippen LogP contribution in [0.1, 0.15) is 5.56 Å². The van der Waals surface area contributed by atoms with Gasteiger partial charge in [-0.2, -0.15) is 0 Å². The molecular formula is C16H14N2O3. The van der Waals surface area contributed by atoms with Crippen LogP contribution in [-0.4, -0.2) is 17.1 Å². The van der Waals surface area contributed by atoms with Gasteiger partial charge in [0, 0.05) is 6.07 Å². The molecule has 0 amide bonds. The van der Waals surface area contributed by atoms with Crippen LogP contribution in [0.25, 0.3) is 11.5 Å². The molecule has 0 saturated carbocycles. The molecule has 1 aromatic carbocycles. The number of hydrogen-bond acceptors (Lipinski definition) is 5. The Hall–Kier alpha value is -2.82. The number of hydrogen-bond donors (Lipinski definition) is 0. The highest BCUT2D eigenvalue weighted by Gasteiger charge is 2.05. The van der Waals surface area contributed by atoms with Crippen LogP contribution in [0.4, 0.5) is 0 Å². The van der Waals surface area contributed by atoms with Gasteiger partial charge in [-0.05, 0) is 29.8 Å². The third kappa shape index (κ3) is 3.20. The van der Waals surface area contributed by atoms with E-state index < -0.39 is 0 Å². The summed E-state index contributed by atoms with van der Waals surface area (Å²) in [5, 5.41) is 0. The van der Waals surface area contributed by atoms with Gasteiger partial charge in [0.15, 0.2) is 5.76 Å². The van der Waals surface area contributed by atoms with Crippen LogP contribution in [0.3, 0.4) is 0 Å². The summed E-state index contributed by atoms with van der Waals surface area (Å²) in [6, 6.07) is 13.1. The van der Waals surface area contributed by atoms with Gasteiger partial charge in [0.05, 0.1) is 13.4 Å². The minimum atomic E-state index is 0.429. The molecule has 0 spiro atoms. The number of methoxy groups -OCH3 is 1. The fourth-order valence-electron chi connectivity index (χ4n) is 1.86. The normalized spacial score (nSPS) is 10.3.